The van der Waals surface area contributed by atoms with Crippen LogP contribution in [0.15, 0.2) is 18.2 Å². The van der Waals surface area contributed by atoms with E-state index in [2.05, 4.69) is 32.6 Å². The van der Waals surface area contributed by atoms with Gasteiger partial charge in [-0.2, -0.15) is 5.26 Å². The highest BCUT2D eigenvalue weighted by Crippen LogP contribution is 2.26. The third-order valence-corrected chi connectivity index (χ3v) is 2.81. The smallest absolute Gasteiger partial charge is 0.287 e. The maximum absolute atomic E-state index is 10.8. The second-order valence-corrected chi connectivity index (χ2v) is 5.21. The van der Waals surface area contributed by atoms with E-state index in [0.717, 1.165) is 12.2 Å². The Balaban J connectivity index is 3.19. The Kier molecular flexibility index (Phi) is 4.87. The quantitative estimate of drug-likeness (QED) is 0.602. The molecule has 0 unspecified atom stereocenters. The first-order chi connectivity index (χ1) is 8.86. The summed E-state index contributed by atoms with van der Waals surface area (Å²) in [6, 6.07) is 6.88. The van der Waals surface area contributed by atoms with Gasteiger partial charge in [0.15, 0.2) is 0 Å². The summed E-state index contributed by atoms with van der Waals surface area (Å²) in [5.74, 6) is 0.475. The molecular formula is C14H19N3O2. The summed E-state index contributed by atoms with van der Waals surface area (Å²) >= 11 is 0. The highest BCUT2D eigenvalue weighted by atomic mass is 16.6. The summed E-state index contributed by atoms with van der Waals surface area (Å²) in [6.45, 7) is 9.21. The van der Waals surface area contributed by atoms with Crippen molar-refractivity contribution in [3.8, 4) is 6.07 Å². The predicted molar refractivity (Wildman–Crippen MR) is 75.1 cm³/mol. The van der Waals surface area contributed by atoms with Gasteiger partial charge in [0.1, 0.15) is 11.6 Å². The molecule has 0 radical (unpaired) electrons. The monoisotopic (exact) mass is 261 g/mol. The summed E-state index contributed by atoms with van der Waals surface area (Å²) in [5.41, 5.74) is 0.822. The van der Waals surface area contributed by atoms with Crippen LogP contribution in [0.5, 0.6) is 0 Å². The maximum atomic E-state index is 10.8. The fraction of sp³-hybridized carbons (Fsp3) is 0.500. The summed E-state index contributed by atoms with van der Waals surface area (Å²) in [5, 5.41) is 19.8. The van der Waals surface area contributed by atoms with Crippen LogP contribution in [0.3, 0.4) is 0 Å². The third kappa shape index (κ3) is 3.68. The lowest BCUT2D eigenvalue weighted by Crippen LogP contribution is -2.34. The molecule has 0 aliphatic heterocycles. The number of benzene rings is 1. The zero-order chi connectivity index (χ0) is 14.6. The van der Waals surface area contributed by atoms with Gasteiger partial charge in [-0.05, 0) is 31.9 Å². The molecule has 19 heavy (non-hydrogen) atoms. The van der Waals surface area contributed by atoms with Gasteiger partial charge in [-0.25, -0.2) is 0 Å². The van der Waals surface area contributed by atoms with Crippen molar-refractivity contribution >= 4 is 11.4 Å². The van der Waals surface area contributed by atoms with Crippen LogP contribution >= 0.6 is 0 Å². The maximum Gasteiger partial charge on any atom is 0.287 e. The van der Waals surface area contributed by atoms with Crippen LogP contribution in [0.1, 0.15) is 33.3 Å². The molecule has 5 heteroatoms. The summed E-state index contributed by atoms with van der Waals surface area (Å²) in [6.07, 6.45) is 0. The highest BCUT2D eigenvalue weighted by molar-refractivity contribution is 5.60. The molecule has 0 amide bonds. The Bertz CT molecular complexity index is 504. The Morgan fingerprint density at radius 2 is 2.00 bits per heavy atom. The standard InChI is InChI=1S/C14H19N3O2/c1-10(2)9-16(11(3)4)13-5-6-14(17(18)19)12(7-13)8-15/h5-7,10-11H,9H2,1-4H3. The van der Waals surface area contributed by atoms with E-state index in [0.29, 0.717) is 5.92 Å². The van der Waals surface area contributed by atoms with Crippen LogP contribution < -0.4 is 4.90 Å². The SMILES string of the molecule is CC(C)CN(c1ccc([N+](=O)[O-])c(C#N)c1)C(C)C. The van der Waals surface area contributed by atoms with Gasteiger partial charge in [-0.3, -0.25) is 10.1 Å². The molecule has 0 atom stereocenters. The first kappa shape index (κ1) is 15.0. The van der Waals surface area contributed by atoms with E-state index in [1.54, 1.807) is 12.1 Å². The second-order valence-electron chi connectivity index (χ2n) is 5.21. The zero-order valence-electron chi connectivity index (χ0n) is 11.8. The minimum Gasteiger partial charge on any atom is -0.369 e. The van der Waals surface area contributed by atoms with E-state index in [1.807, 2.05) is 6.07 Å². The molecular weight excluding hydrogens is 242 g/mol. The van der Waals surface area contributed by atoms with Crippen molar-refractivity contribution < 1.29 is 4.92 Å². The van der Waals surface area contributed by atoms with Crippen molar-refractivity contribution in [2.45, 2.75) is 33.7 Å². The zero-order valence-corrected chi connectivity index (χ0v) is 11.8. The Morgan fingerprint density at radius 3 is 2.42 bits per heavy atom. The van der Waals surface area contributed by atoms with Gasteiger partial charge in [0.25, 0.3) is 5.69 Å². The Morgan fingerprint density at radius 1 is 1.37 bits per heavy atom. The fourth-order valence-corrected chi connectivity index (χ4v) is 1.96. The van der Waals surface area contributed by atoms with E-state index < -0.39 is 4.92 Å². The van der Waals surface area contributed by atoms with Gasteiger partial charge in [-0.1, -0.05) is 13.8 Å². The number of nitriles is 1. The summed E-state index contributed by atoms with van der Waals surface area (Å²) < 4.78 is 0. The van der Waals surface area contributed by atoms with Crippen LogP contribution in [-0.4, -0.2) is 17.5 Å². The van der Waals surface area contributed by atoms with E-state index >= 15 is 0 Å². The average Bonchev–Trinajstić information content (AvgIpc) is 2.34. The molecule has 0 heterocycles. The van der Waals surface area contributed by atoms with Crippen molar-refractivity contribution in [1.29, 1.82) is 5.26 Å². The van der Waals surface area contributed by atoms with E-state index in [1.165, 1.54) is 6.07 Å². The lowest BCUT2D eigenvalue weighted by molar-refractivity contribution is -0.385. The molecule has 1 aromatic carbocycles. The van der Waals surface area contributed by atoms with Crippen LogP contribution in [0.4, 0.5) is 11.4 Å². The van der Waals surface area contributed by atoms with E-state index in [-0.39, 0.29) is 17.3 Å². The Labute approximate surface area is 113 Å². The van der Waals surface area contributed by atoms with Crippen molar-refractivity contribution in [3.63, 3.8) is 0 Å². The molecule has 1 aromatic rings. The molecule has 0 N–H and O–H groups in total. The number of hydrogen-bond acceptors (Lipinski definition) is 4. The topological polar surface area (TPSA) is 70.2 Å². The van der Waals surface area contributed by atoms with Gasteiger partial charge in [0, 0.05) is 24.3 Å². The molecule has 0 bridgehead atoms. The first-order valence-electron chi connectivity index (χ1n) is 6.32. The number of anilines is 1. The fourth-order valence-electron chi connectivity index (χ4n) is 1.96. The molecule has 0 aromatic heterocycles. The molecule has 0 saturated carbocycles. The molecule has 0 fully saturated rings. The van der Waals surface area contributed by atoms with Gasteiger partial charge < -0.3 is 4.90 Å². The van der Waals surface area contributed by atoms with Crippen molar-refractivity contribution in [1.82, 2.24) is 0 Å². The van der Waals surface area contributed by atoms with E-state index in [4.69, 9.17) is 5.26 Å². The molecule has 0 saturated heterocycles. The van der Waals surface area contributed by atoms with Gasteiger partial charge in [0.05, 0.1) is 4.92 Å². The first-order valence-corrected chi connectivity index (χ1v) is 6.32. The van der Waals surface area contributed by atoms with Crippen LogP contribution in [-0.2, 0) is 0 Å². The molecule has 5 nitrogen and oxygen atoms in total. The number of rotatable bonds is 5. The molecule has 102 valence electrons. The lowest BCUT2D eigenvalue weighted by Gasteiger charge is -2.30. The number of nitro benzene ring substituents is 1. The van der Waals surface area contributed by atoms with Gasteiger partial charge in [0.2, 0.25) is 0 Å². The predicted octanol–water partition coefficient (Wildman–Crippen LogP) is 3.34. The van der Waals surface area contributed by atoms with Crippen LogP contribution in [0.2, 0.25) is 0 Å². The normalized spacial score (nSPS) is 10.6. The number of hydrogen-bond donors (Lipinski definition) is 0. The van der Waals surface area contributed by atoms with Gasteiger partial charge >= 0.3 is 0 Å². The van der Waals surface area contributed by atoms with E-state index in [9.17, 15) is 10.1 Å². The van der Waals surface area contributed by atoms with Crippen molar-refractivity contribution in [3.05, 3.63) is 33.9 Å². The Hall–Kier alpha value is -2.09. The molecule has 1 rings (SSSR count). The van der Waals surface area contributed by atoms with Crippen molar-refractivity contribution in [2.75, 3.05) is 11.4 Å². The minimum absolute atomic E-state index is 0.108. The van der Waals surface area contributed by atoms with Gasteiger partial charge in [-0.15, -0.1) is 0 Å². The molecule has 0 spiro atoms. The van der Waals surface area contributed by atoms with Crippen molar-refractivity contribution in [2.24, 2.45) is 5.92 Å². The summed E-state index contributed by atoms with van der Waals surface area (Å²) in [7, 11) is 0. The molecule has 0 aliphatic rings. The van der Waals surface area contributed by atoms with Crippen LogP contribution in [0, 0.1) is 27.4 Å². The minimum atomic E-state index is -0.523. The highest BCUT2D eigenvalue weighted by Gasteiger charge is 2.18. The second kappa shape index (κ2) is 6.19. The van der Waals surface area contributed by atoms with Crippen LogP contribution in [0.25, 0.3) is 0 Å². The summed E-state index contributed by atoms with van der Waals surface area (Å²) in [4.78, 5) is 12.4. The number of nitro groups is 1. The molecule has 0 aliphatic carbocycles. The third-order valence-electron chi connectivity index (χ3n) is 2.81. The lowest BCUT2D eigenvalue weighted by atomic mass is 10.1. The number of nitrogens with zero attached hydrogens (tertiary/aromatic N) is 3. The largest absolute Gasteiger partial charge is 0.369 e. The average molecular weight is 261 g/mol.